The first-order valence-electron chi connectivity index (χ1n) is 5.51. The lowest BCUT2D eigenvalue weighted by molar-refractivity contribution is -0.138. The maximum absolute atomic E-state index is 13.0. The Balaban J connectivity index is 2.74. The van der Waals surface area contributed by atoms with E-state index in [-0.39, 0.29) is 26.3 Å². The van der Waals surface area contributed by atoms with Gasteiger partial charge in [0.15, 0.2) is 5.75 Å². The molecule has 0 saturated heterocycles. The summed E-state index contributed by atoms with van der Waals surface area (Å²) in [5.74, 6) is -0.426. The Kier molecular flexibility index (Phi) is 4.56. The number of alkyl halides is 3. The van der Waals surface area contributed by atoms with Crippen molar-refractivity contribution in [2.75, 3.05) is 7.11 Å². The Morgan fingerprint density at radius 1 is 1.05 bits per heavy atom. The predicted molar refractivity (Wildman–Crippen MR) is 76.3 cm³/mol. The van der Waals surface area contributed by atoms with Crippen LogP contribution in [-0.2, 0) is 6.18 Å². The van der Waals surface area contributed by atoms with Crippen LogP contribution in [0.3, 0.4) is 0 Å². The van der Waals surface area contributed by atoms with E-state index in [1.54, 1.807) is 0 Å². The Morgan fingerprint density at radius 3 is 2.29 bits per heavy atom. The highest BCUT2D eigenvalue weighted by molar-refractivity contribution is 6.49. The van der Waals surface area contributed by atoms with Crippen LogP contribution in [0.4, 0.5) is 13.2 Å². The van der Waals surface area contributed by atoms with Gasteiger partial charge in [0.25, 0.3) is 0 Å². The summed E-state index contributed by atoms with van der Waals surface area (Å²) >= 11 is 17.7. The molecule has 1 aromatic carbocycles. The number of hydrogen-bond acceptors (Lipinski definition) is 2. The molecule has 2 rings (SSSR count). The number of pyridine rings is 1. The molecule has 1 aromatic heterocycles. The summed E-state index contributed by atoms with van der Waals surface area (Å²) in [7, 11) is 1.13. The number of benzene rings is 1. The molecule has 0 aliphatic heterocycles. The third-order valence-corrected chi connectivity index (χ3v) is 4.00. The lowest BCUT2D eigenvalue weighted by atomic mass is 10.1. The molecule has 0 N–H and O–H groups in total. The van der Waals surface area contributed by atoms with Crippen LogP contribution < -0.4 is 4.74 Å². The predicted octanol–water partition coefficient (Wildman–Crippen LogP) is 5.74. The summed E-state index contributed by atoms with van der Waals surface area (Å²) in [4.78, 5) is 3.91. The largest absolute Gasteiger partial charge is 0.494 e. The summed E-state index contributed by atoms with van der Waals surface area (Å²) in [6.07, 6.45) is -3.55. The molecule has 0 bridgehead atoms. The highest BCUT2D eigenvalue weighted by Gasteiger charge is 2.36. The fourth-order valence-electron chi connectivity index (χ4n) is 1.78. The zero-order valence-corrected chi connectivity index (χ0v) is 12.7. The van der Waals surface area contributed by atoms with Crippen molar-refractivity contribution in [3.8, 4) is 17.0 Å². The van der Waals surface area contributed by atoms with E-state index in [9.17, 15) is 13.2 Å². The molecule has 8 heteroatoms. The van der Waals surface area contributed by atoms with Crippen LogP contribution in [0.15, 0.2) is 24.4 Å². The molecule has 1 heterocycles. The van der Waals surface area contributed by atoms with Gasteiger partial charge in [-0.2, -0.15) is 13.2 Å². The van der Waals surface area contributed by atoms with Gasteiger partial charge in [-0.15, -0.1) is 0 Å². The van der Waals surface area contributed by atoms with Gasteiger partial charge in [-0.1, -0.05) is 34.8 Å². The molecular formula is C13H7Cl3F3NO. The second kappa shape index (κ2) is 5.91. The van der Waals surface area contributed by atoms with Gasteiger partial charge < -0.3 is 4.74 Å². The van der Waals surface area contributed by atoms with E-state index in [0.29, 0.717) is 0 Å². The molecule has 2 aromatic rings. The number of rotatable bonds is 2. The first-order valence-corrected chi connectivity index (χ1v) is 6.64. The number of halogens is 6. The fraction of sp³-hybridized carbons (Fsp3) is 0.154. The second-order valence-electron chi connectivity index (χ2n) is 3.96. The van der Waals surface area contributed by atoms with Crippen LogP contribution in [0.5, 0.6) is 5.75 Å². The van der Waals surface area contributed by atoms with E-state index in [2.05, 4.69) is 4.98 Å². The van der Waals surface area contributed by atoms with Crippen LogP contribution in [0.25, 0.3) is 11.3 Å². The van der Waals surface area contributed by atoms with Gasteiger partial charge in [0.2, 0.25) is 0 Å². The summed E-state index contributed by atoms with van der Waals surface area (Å²) in [5.41, 5.74) is -0.804. The molecule has 0 saturated carbocycles. The maximum Gasteiger partial charge on any atom is 0.420 e. The number of ether oxygens (including phenoxy) is 1. The van der Waals surface area contributed by atoms with Crippen molar-refractivity contribution >= 4 is 34.8 Å². The zero-order chi connectivity index (χ0) is 15.8. The minimum Gasteiger partial charge on any atom is -0.494 e. The third kappa shape index (κ3) is 3.05. The van der Waals surface area contributed by atoms with Gasteiger partial charge in [-0.05, 0) is 18.2 Å². The van der Waals surface area contributed by atoms with E-state index in [0.717, 1.165) is 19.4 Å². The molecule has 0 aliphatic carbocycles. The normalized spacial score (nSPS) is 11.6. The lowest BCUT2D eigenvalue weighted by Crippen LogP contribution is -2.09. The van der Waals surface area contributed by atoms with E-state index in [4.69, 9.17) is 39.5 Å². The first kappa shape index (κ1) is 16.2. The first-order chi connectivity index (χ1) is 9.77. The molecule has 0 atom stereocenters. The van der Waals surface area contributed by atoms with Gasteiger partial charge in [-0.3, -0.25) is 4.98 Å². The number of nitrogens with zero attached hydrogens (tertiary/aromatic N) is 1. The van der Waals surface area contributed by atoms with Crippen molar-refractivity contribution in [1.29, 1.82) is 0 Å². The summed E-state index contributed by atoms with van der Waals surface area (Å²) in [5, 5.41) is 0.239. The van der Waals surface area contributed by atoms with Crippen molar-refractivity contribution in [2.24, 2.45) is 0 Å². The minimum atomic E-state index is -4.58. The number of methoxy groups -OCH3 is 1. The SMILES string of the molecule is COc1c(C(F)(F)F)ccnc1-c1ccc(Cl)c(Cl)c1Cl. The average molecular weight is 357 g/mol. The molecule has 112 valence electrons. The molecule has 0 fully saturated rings. The van der Waals surface area contributed by atoms with Gasteiger partial charge in [0.05, 0.1) is 22.2 Å². The smallest absolute Gasteiger partial charge is 0.420 e. The van der Waals surface area contributed by atoms with E-state index >= 15 is 0 Å². The average Bonchev–Trinajstić information content (AvgIpc) is 2.43. The van der Waals surface area contributed by atoms with E-state index < -0.39 is 17.5 Å². The third-order valence-electron chi connectivity index (χ3n) is 2.70. The zero-order valence-electron chi connectivity index (χ0n) is 10.4. The van der Waals surface area contributed by atoms with Crippen molar-refractivity contribution < 1.29 is 17.9 Å². The molecule has 2 nitrogen and oxygen atoms in total. The quantitative estimate of drug-likeness (QED) is 0.640. The number of aromatic nitrogens is 1. The molecule has 21 heavy (non-hydrogen) atoms. The van der Waals surface area contributed by atoms with E-state index in [1.165, 1.54) is 12.1 Å². The standard InChI is InChI=1S/C13H7Cl3F3NO/c1-21-12-7(13(17,18)19)4-5-20-11(12)6-2-3-8(14)10(16)9(6)15/h2-5H,1H3. The summed E-state index contributed by atoms with van der Waals surface area (Å²) < 4.78 is 43.8. The summed E-state index contributed by atoms with van der Waals surface area (Å²) in [6.45, 7) is 0. The second-order valence-corrected chi connectivity index (χ2v) is 5.12. The molecule has 0 radical (unpaired) electrons. The van der Waals surface area contributed by atoms with Gasteiger partial charge in [0, 0.05) is 11.8 Å². The van der Waals surface area contributed by atoms with Crippen LogP contribution >= 0.6 is 34.8 Å². The number of hydrogen-bond donors (Lipinski definition) is 0. The Hall–Kier alpha value is -1.17. The van der Waals surface area contributed by atoms with E-state index in [1.807, 2.05) is 0 Å². The molecule has 0 spiro atoms. The maximum atomic E-state index is 13.0. The Morgan fingerprint density at radius 2 is 1.71 bits per heavy atom. The summed E-state index contributed by atoms with van der Waals surface area (Å²) in [6, 6.07) is 3.68. The van der Waals surface area contributed by atoms with Gasteiger partial charge in [-0.25, -0.2) is 0 Å². The molecule has 0 amide bonds. The molecule has 0 aliphatic rings. The monoisotopic (exact) mass is 355 g/mol. The van der Waals surface area contributed by atoms with Crippen LogP contribution in [0.2, 0.25) is 15.1 Å². The van der Waals surface area contributed by atoms with Crippen LogP contribution in [-0.4, -0.2) is 12.1 Å². The highest BCUT2D eigenvalue weighted by atomic mass is 35.5. The van der Waals surface area contributed by atoms with Crippen molar-refractivity contribution in [3.63, 3.8) is 0 Å². The Labute approximate surface area is 133 Å². The topological polar surface area (TPSA) is 22.1 Å². The Bertz CT molecular complexity index is 689. The molecule has 0 unspecified atom stereocenters. The minimum absolute atomic E-state index is 0.00860. The molecular weight excluding hydrogens is 350 g/mol. The highest BCUT2D eigenvalue weighted by Crippen LogP contribution is 2.44. The lowest BCUT2D eigenvalue weighted by Gasteiger charge is -2.16. The van der Waals surface area contributed by atoms with Crippen molar-refractivity contribution in [3.05, 3.63) is 45.0 Å². The fourth-order valence-corrected chi connectivity index (χ4v) is 2.40. The van der Waals surface area contributed by atoms with Gasteiger partial charge >= 0.3 is 6.18 Å². The van der Waals surface area contributed by atoms with Crippen molar-refractivity contribution in [2.45, 2.75) is 6.18 Å². The van der Waals surface area contributed by atoms with Crippen molar-refractivity contribution in [1.82, 2.24) is 4.98 Å². The van der Waals surface area contributed by atoms with Crippen LogP contribution in [0, 0.1) is 0 Å². The van der Waals surface area contributed by atoms with Crippen LogP contribution in [0.1, 0.15) is 5.56 Å². The van der Waals surface area contributed by atoms with Gasteiger partial charge in [0.1, 0.15) is 11.3 Å².